The number of hydrogen-bond acceptors (Lipinski definition) is 10. The summed E-state index contributed by atoms with van der Waals surface area (Å²) >= 11 is 0. The fourth-order valence-electron chi connectivity index (χ4n) is 6.65. The Morgan fingerprint density at radius 2 is 0.792 bits per heavy atom. The van der Waals surface area contributed by atoms with E-state index < -0.39 is 0 Å². The Labute approximate surface area is 319 Å². The van der Waals surface area contributed by atoms with Crippen LogP contribution in [0.15, 0.2) is 24.3 Å². The number of carbonyl (C=O) groups is 4. The summed E-state index contributed by atoms with van der Waals surface area (Å²) < 4.78 is 19.8. The van der Waals surface area contributed by atoms with Crippen molar-refractivity contribution in [3.8, 4) is 0 Å². The van der Waals surface area contributed by atoms with E-state index in [1.807, 2.05) is 52.0 Å². The van der Waals surface area contributed by atoms with Crippen LogP contribution in [0.2, 0.25) is 0 Å². The molecule has 0 saturated heterocycles. The van der Waals surface area contributed by atoms with Crippen molar-refractivity contribution in [3.63, 3.8) is 0 Å². The minimum absolute atomic E-state index is 0. The van der Waals surface area contributed by atoms with Crippen LogP contribution in [-0.2, 0) is 68.0 Å². The summed E-state index contributed by atoms with van der Waals surface area (Å²) in [5.74, 6) is -1.34. The van der Waals surface area contributed by atoms with Gasteiger partial charge in [-0.05, 0) is 75.7 Å². The molecule has 2 aliphatic rings. The number of carbonyl (C=O) groups excluding carboxylic acids is 4. The number of aromatic nitrogens is 4. The molecule has 3 aromatic rings. The Morgan fingerprint density at radius 1 is 0.491 bits per heavy atom. The third-order valence-electron chi connectivity index (χ3n) is 9.87. The van der Waals surface area contributed by atoms with Crippen molar-refractivity contribution in [1.82, 2.24) is 19.9 Å². The van der Waals surface area contributed by atoms with E-state index in [0.29, 0.717) is 70.5 Å². The third kappa shape index (κ3) is 8.97. The maximum atomic E-state index is 12.3. The van der Waals surface area contributed by atoms with E-state index in [1.54, 1.807) is 0 Å². The second-order valence-corrected chi connectivity index (χ2v) is 12.8. The molecule has 1 radical (unpaired) electrons. The third-order valence-corrected chi connectivity index (χ3v) is 9.87. The molecule has 283 valence electrons. The standard InChI is InChI=1S/C40H44N4O8.Cu/c1-21-25(9-13-37(45)49-5)33-18-31-23(3)27(11-15-39(47)51-7)35(43-31)20-36-28(12-16-40(48)52-8)24(4)32(44-36)19-34-26(10-14-38(46)50-6)22(2)30(42-34)17-29(21)41-33;/h17-20H,9-16H2,1-8H3;/q-2;+2. The number of fused-ring (bicyclic) bond motifs is 8. The number of hydrogen-bond donors (Lipinski definition) is 0. The van der Waals surface area contributed by atoms with Crippen molar-refractivity contribution in [2.75, 3.05) is 28.4 Å². The van der Waals surface area contributed by atoms with E-state index >= 15 is 0 Å². The molecule has 13 heteroatoms. The summed E-state index contributed by atoms with van der Waals surface area (Å²) in [5, 5.41) is 0. The van der Waals surface area contributed by atoms with Gasteiger partial charge in [-0.15, -0.1) is 22.1 Å². The van der Waals surface area contributed by atoms with Crippen LogP contribution in [0.3, 0.4) is 0 Å². The van der Waals surface area contributed by atoms with Crippen molar-refractivity contribution in [3.05, 3.63) is 69.3 Å². The second kappa shape index (κ2) is 17.7. The number of ether oxygens (including phenoxy) is 4. The molecule has 0 aromatic carbocycles. The van der Waals surface area contributed by atoms with Crippen LogP contribution < -0.4 is 9.97 Å². The molecule has 2 aliphatic heterocycles. The molecule has 8 bridgehead atoms. The molecule has 5 heterocycles. The van der Waals surface area contributed by atoms with Gasteiger partial charge in [0.15, 0.2) is 0 Å². The Balaban J connectivity index is 0.00000627. The van der Waals surface area contributed by atoms with E-state index in [2.05, 4.69) is 0 Å². The molecule has 12 nitrogen and oxygen atoms in total. The number of aryl methyl sites for hydroxylation is 4. The minimum Gasteiger partial charge on any atom is -0.657 e. The quantitative estimate of drug-likeness (QED) is 0.117. The van der Waals surface area contributed by atoms with Crippen LogP contribution >= 0.6 is 0 Å². The van der Waals surface area contributed by atoms with E-state index in [-0.39, 0.29) is 66.6 Å². The molecule has 3 aromatic heterocycles. The summed E-state index contributed by atoms with van der Waals surface area (Å²) in [4.78, 5) is 69.3. The summed E-state index contributed by atoms with van der Waals surface area (Å²) in [6.07, 6.45) is 2.21. The van der Waals surface area contributed by atoms with Gasteiger partial charge in [-0.3, -0.25) is 19.2 Å². The average Bonchev–Trinajstić information content (AvgIpc) is 3.80. The largest absolute Gasteiger partial charge is 2.00 e. The van der Waals surface area contributed by atoms with Gasteiger partial charge in [0.05, 0.1) is 51.2 Å². The Morgan fingerprint density at radius 3 is 1.15 bits per heavy atom. The maximum absolute atomic E-state index is 12.3. The number of allylic oxidation sites excluding steroid dienone is 4. The van der Waals surface area contributed by atoms with Crippen LogP contribution in [0, 0.1) is 13.8 Å². The van der Waals surface area contributed by atoms with E-state index in [1.165, 1.54) is 28.4 Å². The first-order valence-corrected chi connectivity index (χ1v) is 17.2. The van der Waals surface area contributed by atoms with Gasteiger partial charge in [-0.1, -0.05) is 46.5 Å². The first-order valence-electron chi connectivity index (χ1n) is 17.2. The fraction of sp³-hybridized carbons (Fsp3) is 0.400. The molecule has 0 spiro atoms. The molecular weight excluding hydrogens is 728 g/mol. The molecule has 0 aliphatic carbocycles. The molecule has 0 amide bonds. The van der Waals surface area contributed by atoms with E-state index in [4.69, 9.17) is 38.9 Å². The summed E-state index contributed by atoms with van der Waals surface area (Å²) in [6, 6.07) is 7.65. The van der Waals surface area contributed by atoms with Crippen molar-refractivity contribution in [2.24, 2.45) is 0 Å². The normalized spacial score (nSPS) is 12.4. The second-order valence-electron chi connectivity index (χ2n) is 12.8. The minimum atomic E-state index is -0.341. The number of methoxy groups -OCH3 is 4. The Hall–Kier alpha value is -5.00. The zero-order valence-electron chi connectivity index (χ0n) is 31.3. The predicted octanol–water partition coefficient (Wildman–Crippen LogP) is 6.17. The first kappa shape index (κ1) is 40.8. The number of nitrogens with zero attached hydrogens (tertiary/aromatic N) is 4. The summed E-state index contributed by atoms with van der Waals surface area (Å²) in [5.41, 5.74) is 12.4. The fourth-order valence-corrected chi connectivity index (χ4v) is 6.65. The zero-order valence-corrected chi connectivity index (χ0v) is 32.3. The molecule has 5 rings (SSSR count). The average molecular weight is 772 g/mol. The Bertz CT molecular complexity index is 2180. The van der Waals surface area contributed by atoms with Gasteiger partial charge in [0, 0.05) is 25.7 Å². The summed E-state index contributed by atoms with van der Waals surface area (Å²) in [6.45, 7) is 7.87. The molecule has 0 unspecified atom stereocenters. The maximum Gasteiger partial charge on any atom is 2.00 e. The number of rotatable bonds is 12. The summed E-state index contributed by atoms with van der Waals surface area (Å²) in [7, 11) is 5.46. The van der Waals surface area contributed by atoms with Gasteiger partial charge in [-0.2, -0.15) is 0 Å². The van der Waals surface area contributed by atoms with Crippen LogP contribution in [0.1, 0.15) is 97.4 Å². The van der Waals surface area contributed by atoms with Gasteiger partial charge in [0.25, 0.3) is 0 Å². The van der Waals surface area contributed by atoms with E-state index in [9.17, 15) is 19.2 Å². The van der Waals surface area contributed by atoms with Crippen LogP contribution in [0.4, 0.5) is 0 Å². The number of esters is 4. The molecule has 0 saturated carbocycles. The zero-order chi connectivity index (χ0) is 37.7. The molecule has 0 fully saturated rings. The Kier molecular flexibility index (Phi) is 13.6. The van der Waals surface area contributed by atoms with Gasteiger partial charge >= 0.3 is 40.9 Å². The van der Waals surface area contributed by atoms with E-state index in [0.717, 1.165) is 44.5 Å². The van der Waals surface area contributed by atoms with Gasteiger partial charge in [0.2, 0.25) is 0 Å². The molecule has 0 atom stereocenters. The van der Waals surface area contributed by atoms with Crippen molar-refractivity contribution >= 4 is 68.2 Å². The van der Waals surface area contributed by atoms with Gasteiger partial charge < -0.3 is 28.9 Å². The van der Waals surface area contributed by atoms with Gasteiger partial charge in [-0.25, -0.2) is 9.97 Å². The topological polar surface area (TPSA) is 159 Å². The monoisotopic (exact) mass is 771 g/mol. The van der Waals surface area contributed by atoms with Crippen LogP contribution in [0.5, 0.6) is 0 Å². The molecular formula is C40H44CuN4O8. The smallest absolute Gasteiger partial charge is 0.657 e. The molecule has 0 N–H and O–H groups in total. The van der Waals surface area contributed by atoms with Crippen molar-refractivity contribution in [1.29, 1.82) is 0 Å². The molecule has 53 heavy (non-hydrogen) atoms. The predicted molar refractivity (Wildman–Crippen MR) is 197 cm³/mol. The van der Waals surface area contributed by atoms with Crippen LogP contribution in [-0.4, -0.2) is 62.3 Å². The van der Waals surface area contributed by atoms with Crippen LogP contribution in [0.25, 0.3) is 44.4 Å². The SMILES string of the molecule is COC(=O)CCC1=C(C)c2cc3[n-]c(cc4nc(cc5[n-]c(cc1n2)c(C)c5CCC(=O)OC)C(CCC(=O)OC)=C4C)c(CCC(=O)OC)c3C.[Cu+2]. The van der Waals surface area contributed by atoms with Crippen molar-refractivity contribution in [2.45, 2.75) is 79.1 Å². The van der Waals surface area contributed by atoms with Gasteiger partial charge in [0.1, 0.15) is 0 Å². The first-order chi connectivity index (χ1) is 24.9. The van der Waals surface area contributed by atoms with Crippen molar-refractivity contribution < 1.29 is 55.2 Å².